The lowest BCUT2D eigenvalue weighted by molar-refractivity contribution is -0.384. The topological polar surface area (TPSA) is 94.4 Å². The third kappa shape index (κ3) is 3.81. The van der Waals surface area contributed by atoms with Crippen molar-refractivity contribution in [3.8, 4) is 17.0 Å². The lowest BCUT2D eigenvalue weighted by Crippen LogP contribution is -2.13. The number of pyridine rings is 1. The number of fused-ring (bicyclic) bond motifs is 1. The Hall–Kier alpha value is -4.26. The first-order valence-electron chi connectivity index (χ1n) is 9.15. The fourth-order valence-electron chi connectivity index (χ4n) is 3.19. The number of nitro groups is 1. The van der Waals surface area contributed by atoms with E-state index < -0.39 is 4.92 Å². The molecule has 30 heavy (non-hydrogen) atoms. The van der Waals surface area contributed by atoms with Gasteiger partial charge in [-0.3, -0.25) is 14.9 Å². The molecule has 1 amide bonds. The van der Waals surface area contributed by atoms with Crippen LogP contribution in [0.5, 0.6) is 5.75 Å². The van der Waals surface area contributed by atoms with Crippen molar-refractivity contribution in [1.82, 2.24) is 4.98 Å². The van der Waals surface area contributed by atoms with Crippen LogP contribution in [-0.2, 0) is 0 Å². The van der Waals surface area contributed by atoms with Gasteiger partial charge in [-0.25, -0.2) is 4.98 Å². The molecule has 1 heterocycles. The molecule has 1 aromatic heterocycles. The Balaban J connectivity index is 1.78. The lowest BCUT2D eigenvalue weighted by atomic mass is 10.0. The molecule has 0 atom stereocenters. The summed E-state index contributed by atoms with van der Waals surface area (Å²) >= 11 is 0. The van der Waals surface area contributed by atoms with Crippen molar-refractivity contribution in [3.05, 3.63) is 94.5 Å². The number of non-ortho nitro benzene ring substituents is 1. The molecule has 1 N–H and O–H groups in total. The molecule has 0 saturated heterocycles. The van der Waals surface area contributed by atoms with Gasteiger partial charge in [0.2, 0.25) is 0 Å². The molecular weight excluding hydrogens is 382 g/mol. The summed E-state index contributed by atoms with van der Waals surface area (Å²) in [5.41, 5.74) is 2.77. The van der Waals surface area contributed by atoms with Crippen molar-refractivity contribution in [3.63, 3.8) is 0 Å². The second-order valence-electron chi connectivity index (χ2n) is 6.57. The van der Waals surface area contributed by atoms with Gasteiger partial charge >= 0.3 is 0 Å². The van der Waals surface area contributed by atoms with Crippen molar-refractivity contribution >= 4 is 28.2 Å². The van der Waals surface area contributed by atoms with E-state index in [2.05, 4.69) is 10.3 Å². The number of methoxy groups -OCH3 is 1. The SMILES string of the molecule is COc1cccc(-c2cc(C(=O)Nc3cccc([N+](=O)[O-])c3)c3ccccc3n2)c1. The molecule has 0 saturated carbocycles. The van der Waals surface area contributed by atoms with Gasteiger partial charge in [-0.15, -0.1) is 0 Å². The molecule has 0 bridgehead atoms. The van der Waals surface area contributed by atoms with Crippen LogP contribution < -0.4 is 10.1 Å². The van der Waals surface area contributed by atoms with Gasteiger partial charge in [0.05, 0.1) is 28.8 Å². The molecule has 148 valence electrons. The van der Waals surface area contributed by atoms with Crippen molar-refractivity contribution in [2.45, 2.75) is 0 Å². The first kappa shape index (κ1) is 19.1. The average Bonchev–Trinajstić information content (AvgIpc) is 2.78. The van der Waals surface area contributed by atoms with Crippen LogP contribution in [0.25, 0.3) is 22.2 Å². The van der Waals surface area contributed by atoms with Crippen LogP contribution in [0, 0.1) is 10.1 Å². The van der Waals surface area contributed by atoms with Gasteiger partial charge in [-0.2, -0.15) is 0 Å². The van der Waals surface area contributed by atoms with Crippen molar-refractivity contribution in [2.24, 2.45) is 0 Å². The highest BCUT2D eigenvalue weighted by molar-refractivity contribution is 6.13. The van der Waals surface area contributed by atoms with E-state index in [0.717, 1.165) is 5.56 Å². The smallest absolute Gasteiger partial charge is 0.271 e. The lowest BCUT2D eigenvalue weighted by Gasteiger charge is -2.11. The predicted octanol–water partition coefficient (Wildman–Crippen LogP) is 5.07. The molecule has 0 aliphatic heterocycles. The maximum Gasteiger partial charge on any atom is 0.271 e. The van der Waals surface area contributed by atoms with Crippen LogP contribution in [0.15, 0.2) is 78.9 Å². The molecule has 0 radical (unpaired) electrons. The van der Waals surface area contributed by atoms with E-state index in [1.54, 1.807) is 19.2 Å². The van der Waals surface area contributed by atoms with Crippen LogP contribution in [0.4, 0.5) is 11.4 Å². The maximum absolute atomic E-state index is 13.1. The number of anilines is 1. The number of aromatic nitrogens is 1. The Kier molecular flexibility index (Phi) is 5.09. The van der Waals surface area contributed by atoms with E-state index in [4.69, 9.17) is 4.74 Å². The number of nitrogens with zero attached hydrogens (tertiary/aromatic N) is 2. The Morgan fingerprint density at radius 3 is 2.60 bits per heavy atom. The minimum Gasteiger partial charge on any atom is -0.497 e. The highest BCUT2D eigenvalue weighted by Gasteiger charge is 2.15. The number of benzene rings is 3. The minimum absolute atomic E-state index is 0.0931. The molecule has 7 nitrogen and oxygen atoms in total. The van der Waals surface area contributed by atoms with Crippen LogP contribution in [0.1, 0.15) is 10.4 Å². The quantitative estimate of drug-likeness (QED) is 0.373. The second-order valence-corrected chi connectivity index (χ2v) is 6.57. The summed E-state index contributed by atoms with van der Waals surface area (Å²) in [6.07, 6.45) is 0. The summed E-state index contributed by atoms with van der Waals surface area (Å²) in [5, 5.41) is 14.5. The summed E-state index contributed by atoms with van der Waals surface area (Å²) < 4.78 is 5.29. The molecule has 0 fully saturated rings. The van der Waals surface area contributed by atoms with Crippen molar-refractivity contribution in [2.75, 3.05) is 12.4 Å². The molecule has 4 aromatic rings. The van der Waals surface area contributed by atoms with E-state index >= 15 is 0 Å². The van der Waals surface area contributed by atoms with Crippen LogP contribution in [-0.4, -0.2) is 22.9 Å². The van der Waals surface area contributed by atoms with E-state index in [1.165, 1.54) is 18.2 Å². The molecular formula is C23H17N3O4. The molecule has 0 aliphatic carbocycles. The third-order valence-electron chi connectivity index (χ3n) is 4.64. The van der Waals surface area contributed by atoms with Gasteiger partial charge in [0.1, 0.15) is 5.75 Å². The summed E-state index contributed by atoms with van der Waals surface area (Å²) in [7, 11) is 1.59. The predicted molar refractivity (Wildman–Crippen MR) is 115 cm³/mol. The Bertz CT molecular complexity index is 1270. The molecule has 0 aliphatic rings. The molecule has 0 unspecified atom stereocenters. The second kappa shape index (κ2) is 8.00. The summed E-state index contributed by atoms with van der Waals surface area (Å²) in [5.74, 6) is 0.309. The maximum atomic E-state index is 13.1. The summed E-state index contributed by atoms with van der Waals surface area (Å²) in [6, 6.07) is 22.3. The van der Waals surface area contributed by atoms with Gasteiger partial charge in [-0.05, 0) is 30.3 Å². The normalized spacial score (nSPS) is 10.6. The fourth-order valence-corrected chi connectivity index (χ4v) is 3.19. The first-order chi connectivity index (χ1) is 14.5. The van der Waals surface area contributed by atoms with E-state index in [-0.39, 0.29) is 11.6 Å². The van der Waals surface area contributed by atoms with Gasteiger partial charge < -0.3 is 10.1 Å². The number of amides is 1. The zero-order chi connectivity index (χ0) is 21.1. The number of carbonyl (C=O) groups is 1. The molecule has 0 spiro atoms. The standard InChI is InChI=1S/C23H17N3O4/c1-30-18-9-4-6-15(12-18)22-14-20(19-10-2-3-11-21(19)25-22)23(27)24-16-7-5-8-17(13-16)26(28)29/h2-14H,1H3,(H,24,27). The first-order valence-corrected chi connectivity index (χ1v) is 9.15. The average molecular weight is 399 g/mol. The van der Waals surface area contributed by atoms with Gasteiger partial charge in [0.15, 0.2) is 0 Å². The highest BCUT2D eigenvalue weighted by atomic mass is 16.6. The van der Waals surface area contributed by atoms with Gasteiger partial charge in [0.25, 0.3) is 11.6 Å². The molecule has 3 aromatic carbocycles. The summed E-state index contributed by atoms with van der Waals surface area (Å²) in [4.78, 5) is 28.3. The van der Waals surface area contributed by atoms with Crippen LogP contribution >= 0.6 is 0 Å². The van der Waals surface area contributed by atoms with Crippen LogP contribution in [0.2, 0.25) is 0 Å². The monoisotopic (exact) mass is 399 g/mol. The number of para-hydroxylation sites is 1. The van der Waals surface area contributed by atoms with E-state index in [1.807, 2.05) is 48.5 Å². The molecule has 4 rings (SSSR count). The largest absolute Gasteiger partial charge is 0.497 e. The van der Waals surface area contributed by atoms with Crippen LogP contribution in [0.3, 0.4) is 0 Å². The number of rotatable bonds is 5. The summed E-state index contributed by atoms with van der Waals surface area (Å²) in [6.45, 7) is 0. The van der Waals surface area contributed by atoms with Crippen molar-refractivity contribution < 1.29 is 14.5 Å². The Morgan fingerprint density at radius 2 is 1.80 bits per heavy atom. The number of ether oxygens (including phenoxy) is 1. The number of nitrogens with one attached hydrogen (secondary N) is 1. The van der Waals surface area contributed by atoms with Gasteiger partial charge in [-0.1, -0.05) is 36.4 Å². The highest BCUT2D eigenvalue weighted by Crippen LogP contribution is 2.28. The Labute approximate surface area is 172 Å². The number of hydrogen-bond acceptors (Lipinski definition) is 5. The zero-order valence-electron chi connectivity index (χ0n) is 16.0. The van der Waals surface area contributed by atoms with Gasteiger partial charge in [0, 0.05) is 28.8 Å². The third-order valence-corrected chi connectivity index (χ3v) is 4.64. The van der Waals surface area contributed by atoms with E-state index in [9.17, 15) is 14.9 Å². The zero-order valence-corrected chi connectivity index (χ0v) is 16.0. The number of nitro benzene ring substituents is 1. The van der Waals surface area contributed by atoms with E-state index in [0.29, 0.717) is 33.6 Å². The fraction of sp³-hybridized carbons (Fsp3) is 0.0435. The number of hydrogen-bond donors (Lipinski definition) is 1. The molecule has 7 heteroatoms. The van der Waals surface area contributed by atoms with Crippen molar-refractivity contribution in [1.29, 1.82) is 0 Å². The number of carbonyl (C=O) groups excluding carboxylic acids is 1. The Morgan fingerprint density at radius 1 is 1.00 bits per heavy atom. The minimum atomic E-state index is -0.502.